The molecule has 0 fully saturated rings. The van der Waals surface area contributed by atoms with Gasteiger partial charge >= 0.3 is 5.97 Å². The van der Waals surface area contributed by atoms with Crippen LogP contribution in [0, 0.1) is 6.92 Å². The number of benzene rings is 1. The number of aromatic carboxylic acids is 1. The number of carboxylic acids is 1. The van der Waals surface area contributed by atoms with Crippen LogP contribution in [0.1, 0.15) is 33.0 Å². The molecular weight excluding hydrogens is 270 g/mol. The van der Waals surface area contributed by atoms with Crippen molar-refractivity contribution in [3.05, 3.63) is 58.5 Å². The molecule has 112 valence electrons. The minimum Gasteiger partial charge on any atom is -0.478 e. The van der Waals surface area contributed by atoms with Gasteiger partial charge in [0.1, 0.15) is 17.1 Å². The Morgan fingerprint density at radius 2 is 2.05 bits per heavy atom. The average Bonchev–Trinajstić information content (AvgIpc) is 2.81. The van der Waals surface area contributed by atoms with Crippen LogP contribution in [0.2, 0.25) is 0 Å². The van der Waals surface area contributed by atoms with Crippen molar-refractivity contribution >= 4 is 5.97 Å². The zero-order valence-corrected chi connectivity index (χ0v) is 12.2. The third-order valence-corrected chi connectivity index (χ3v) is 3.13. The fourth-order valence-electron chi connectivity index (χ4n) is 2.17. The van der Waals surface area contributed by atoms with Gasteiger partial charge < -0.3 is 19.6 Å². The molecule has 0 bridgehead atoms. The van der Waals surface area contributed by atoms with E-state index in [9.17, 15) is 4.79 Å². The van der Waals surface area contributed by atoms with Crippen LogP contribution in [-0.4, -0.2) is 18.2 Å². The van der Waals surface area contributed by atoms with E-state index >= 15 is 0 Å². The molecule has 0 aliphatic heterocycles. The second kappa shape index (κ2) is 7.06. The van der Waals surface area contributed by atoms with Crippen molar-refractivity contribution in [2.24, 2.45) is 0 Å². The fraction of sp³-hybridized carbons (Fsp3) is 0.312. The van der Waals surface area contributed by atoms with E-state index in [4.69, 9.17) is 14.3 Å². The summed E-state index contributed by atoms with van der Waals surface area (Å²) < 4.78 is 10.5. The van der Waals surface area contributed by atoms with E-state index in [1.807, 2.05) is 18.2 Å². The van der Waals surface area contributed by atoms with E-state index < -0.39 is 5.97 Å². The lowest BCUT2D eigenvalue weighted by molar-refractivity contribution is 0.0695. The number of aryl methyl sites for hydroxylation is 1. The van der Waals surface area contributed by atoms with Crippen LogP contribution in [0.5, 0.6) is 0 Å². The molecule has 2 aromatic rings. The Hall–Kier alpha value is -2.11. The molecule has 21 heavy (non-hydrogen) atoms. The molecule has 1 aromatic carbocycles. The van der Waals surface area contributed by atoms with E-state index in [1.54, 1.807) is 20.1 Å². The van der Waals surface area contributed by atoms with Crippen LogP contribution in [-0.2, 0) is 24.4 Å². The second-order valence-electron chi connectivity index (χ2n) is 4.84. The maximum Gasteiger partial charge on any atom is 0.339 e. The number of nitrogens with one attached hydrogen (secondary N) is 1. The molecule has 1 heterocycles. The number of furan rings is 1. The van der Waals surface area contributed by atoms with E-state index in [-0.39, 0.29) is 5.56 Å². The first-order valence-corrected chi connectivity index (χ1v) is 6.70. The number of hydrogen-bond acceptors (Lipinski definition) is 4. The van der Waals surface area contributed by atoms with Gasteiger partial charge in [0.05, 0.1) is 13.2 Å². The maximum atomic E-state index is 10.9. The molecule has 0 aliphatic carbocycles. The smallest absolute Gasteiger partial charge is 0.339 e. The molecule has 5 heteroatoms. The monoisotopic (exact) mass is 289 g/mol. The Balaban J connectivity index is 1.91. The van der Waals surface area contributed by atoms with Crippen molar-refractivity contribution in [3.8, 4) is 0 Å². The molecule has 2 rings (SSSR count). The van der Waals surface area contributed by atoms with Gasteiger partial charge in [-0.2, -0.15) is 0 Å². The van der Waals surface area contributed by atoms with Gasteiger partial charge in [-0.05, 0) is 24.1 Å². The zero-order valence-electron chi connectivity index (χ0n) is 12.2. The van der Waals surface area contributed by atoms with Crippen molar-refractivity contribution in [3.63, 3.8) is 0 Å². The molecule has 0 atom stereocenters. The van der Waals surface area contributed by atoms with E-state index in [1.165, 1.54) is 0 Å². The van der Waals surface area contributed by atoms with E-state index in [2.05, 4.69) is 11.4 Å². The predicted molar refractivity (Wildman–Crippen MR) is 78.1 cm³/mol. The van der Waals surface area contributed by atoms with Crippen LogP contribution in [0.3, 0.4) is 0 Å². The van der Waals surface area contributed by atoms with Crippen LogP contribution < -0.4 is 5.32 Å². The van der Waals surface area contributed by atoms with Gasteiger partial charge in [0.2, 0.25) is 0 Å². The van der Waals surface area contributed by atoms with Crippen molar-refractivity contribution in [2.45, 2.75) is 26.6 Å². The number of rotatable bonds is 7. The van der Waals surface area contributed by atoms with Crippen LogP contribution in [0.25, 0.3) is 0 Å². The van der Waals surface area contributed by atoms with Gasteiger partial charge in [-0.25, -0.2) is 4.79 Å². The SMILES string of the molecule is COCc1cccc(CNCc2cc(C(=O)O)c(C)o2)c1. The van der Waals surface area contributed by atoms with Gasteiger partial charge in [-0.15, -0.1) is 0 Å². The summed E-state index contributed by atoms with van der Waals surface area (Å²) in [5.41, 5.74) is 2.49. The third kappa shape index (κ3) is 4.18. The fourth-order valence-corrected chi connectivity index (χ4v) is 2.17. The summed E-state index contributed by atoms with van der Waals surface area (Å²) in [6.07, 6.45) is 0. The quantitative estimate of drug-likeness (QED) is 0.820. The van der Waals surface area contributed by atoms with Gasteiger partial charge in [0.25, 0.3) is 0 Å². The lowest BCUT2D eigenvalue weighted by Gasteiger charge is -2.05. The van der Waals surface area contributed by atoms with Gasteiger partial charge in [-0.1, -0.05) is 24.3 Å². The van der Waals surface area contributed by atoms with Crippen molar-refractivity contribution < 1.29 is 19.1 Å². The van der Waals surface area contributed by atoms with Crippen molar-refractivity contribution in [1.29, 1.82) is 0 Å². The molecule has 0 amide bonds. The van der Waals surface area contributed by atoms with Crippen LogP contribution in [0.4, 0.5) is 0 Å². The van der Waals surface area contributed by atoms with Gasteiger partial charge in [0.15, 0.2) is 0 Å². The topological polar surface area (TPSA) is 71.7 Å². The maximum absolute atomic E-state index is 10.9. The first kappa shape index (κ1) is 15.3. The molecule has 5 nitrogen and oxygen atoms in total. The Morgan fingerprint density at radius 3 is 2.71 bits per heavy atom. The summed E-state index contributed by atoms with van der Waals surface area (Å²) in [4.78, 5) is 10.9. The number of ether oxygens (including phenoxy) is 1. The normalized spacial score (nSPS) is 10.8. The third-order valence-electron chi connectivity index (χ3n) is 3.13. The summed E-state index contributed by atoms with van der Waals surface area (Å²) >= 11 is 0. The Kier molecular flexibility index (Phi) is 5.14. The molecule has 0 saturated carbocycles. The molecule has 0 unspecified atom stereocenters. The number of methoxy groups -OCH3 is 1. The second-order valence-corrected chi connectivity index (χ2v) is 4.84. The minimum absolute atomic E-state index is 0.217. The molecule has 1 aromatic heterocycles. The Bertz CT molecular complexity index is 618. The average molecular weight is 289 g/mol. The molecule has 0 aliphatic rings. The summed E-state index contributed by atoms with van der Waals surface area (Å²) in [6.45, 7) is 3.41. The van der Waals surface area contributed by atoms with Crippen LogP contribution in [0.15, 0.2) is 34.7 Å². The first-order chi connectivity index (χ1) is 10.1. The highest BCUT2D eigenvalue weighted by Crippen LogP contribution is 2.14. The number of hydrogen-bond donors (Lipinski definition) is 2. The summed E-state index contributed by atoms with van der Waals surface area (Å²) in [5, 5.41) is 12.2. The largest absolute Gasteiger partial charge is 0.478 e. The van der Waals surface area contributed by atoms with E-state index in [0.717, 1.165) is 11.1 Å². The lowest BCUT2D eigenvalue weighted by atomic mass is 10.1. The van der Waals surface area contributed by atoms with Gasteiger partial charge in [0, 0.05) is 13.7 Å². The van der Waals surface area contributed by atoms with Crippen LogP contribution >= 0.6 is 0 Å². The molecular formula is C16H19NO4. The molecule has 0 radical (unpaired) electrons. The molecule has 0 saturated heterocycles. The van der Waals surface area contributed by atoms with Crippen molar-refractivity contribution in [1.82, 2.24) is 5.32 Å². The summed E-state index contributed by atoms with van der Waals surface area (Å²) in [6, 6.07) is 9.67. The highest BCUT2D eigenvalue weighted by Gasteiger charge is 2.13. The minimum atomic E-state index is -0.963. The Labute approximate surface area is 123 Å². The van der Waals surface area contributed by atoms with Crippen molar-refractivity contribution in [2.75, 3.05) is 7.11 Å². The lowest BCUT2D eigenvalue weighted by Crippen LogP contribution is -2.12. The highest BCUT2D eigenvalue weighted by molar-refractivity contribution is 5.88. The van der Waals surface area contributed by atoms with Gasteiger partial charge in [-0.3, -0.25) is 0 Å². The summed E-state index contributed by atoms with van der Waals surface area (Å²) in [7, 11) is 1.67. The zero-order chi connectivity index (χ0) is 15.2. The number of carboxylic acid groups (broad SMARTS) is 1. The molecule has 0 spiro atoms. The highest BCUT2D eigenvalue weighted by atomic mass is 16.5. The number of carbonyl (C=O) groups is 1. The predicted octanol–water partition coefficient (Wildman–Crippen LogP) is 2.72. The standard InChI is InChI=1S/C16H19NO4/c1-11-15(16(18)19)7-14(21-11)9-17-8-12-4-3-5-13(6-12)10-20-2/h3-7,17H,8-10H2,1-2H3,(H,18,19). The Morgan fingerprint density at radius 1 is 1.29 bits per heavy atom. The molecule has 2 N–H and O–H groups in total. The van der Waals surface area contributed by atoms with E-state index in [0.29, 0.717) is 31.2 Å². The first-order valence-electron chi connectivity index (χ1n) is 6.70. The summed E-state index contributed by atoms with van der Waals surface area (Å²) in [5.74, 6) is 0.0918.